The molecule has 0 fully saturated rings. The van der Waals surface area contributed by atoms with E-state index in [0.717, 1.165) is 12.8 Å². The molecule has 0 amide bonds. The van der Waals surface area contributed by atoms with Gasteiger partial charge in [-0.25, -0.2) is 0 Å². The van der Waals surface area contributed by atoms with Crippen molar-refractivity contribution in [3.05, 3.63) is 0 Å². The van der Waals surface area contributed by atoms with Crippen molar-refractivity contribution < 1.29 is 22.5 Å². The van der Waals surface area contributed by atoms with Gasteiger partial charge in [-0.3, -0.25) is 9.35 Å². The molecule has 0 heterocycles. The number of hydrogen-bond acceptors (Lipinski definition) is 4. The van der Waals surface area contributed by atoms with Crippen molar-refractivity contribution >= 4 is 53.8 Å². The third-order valence-corrected chi connectivity index (χ3v) is 2.60. The summed E-state index contributed by atoms with van der Waals surface area (Å²) in [6.07, 6.45) is 2.92. The molecule has 0 bridgehead atoms. The van der Waals surface area contributed by atoms with Crippen LogP contribution in [0.1, 0.15) is 39.0 Å². The Bertz CT molecular complexity index is 276. The Morgan fingerprint density at radius 2 is 1.88 bits per heavy atom. The summed E-state index contributed by atoms with van der Waals surface area (Å²) in [6.45, 7) is 2.21. The van der Waals surface area contributed by atoms with Crippen molar-refractivity contribution in [2.45, 2.75) is 39.0 Å². The van der Waals surface area contributed by atoms with E-state index in [0.29, 0.717) is 19.3 Å². The van der Waals surface area contributed by atoms with Crippen LogP contribution in [-0.2, 0) is 19.6 Å². The van der Waals surface area contributed by atoms with Crippen molar-refractivity contribution in [1.29, 1.82) is 0 Å². The van der Waals surface area contributed by atoms with Gasteiger partial charge in [-0.15, -0.1) is 0 Å². The van der Waals surface area contributed by atoms with Crippen LogP contribution >= 0.6 is 0 Å². The zero-order valence-corrected chi connectivity index (χ0v) is 12.7. The Kier molecular flexibility index (Phi) is 12.8. The quantitative estimate of drug-likeness (QED) is 0.310. The van der Waals surface area contributed by atoms with Crippen molar-refractivity contribution in [1.82, 2.24) is 0 Å². The van der Waals surface area contributed by atoms with E-state index in [1.54, 1.807) is 0 Å². The maximum atomic E-state index is 11.0. The fourth-order valence-corrected chi connectivity index (χ4v) is 1.53. The van der Waals surface area contributed by atoms with Gasteiger partial charge in [-0.2, -0.15) is 8.42 Å². The molecule has 0 aromatic rings. The molecule has 92 valence electrons. The first-order chi connectivity index (χ1) is 6.95. The summed E-state index contributed by atoms with van der Waals surface area (Å²) < 4.78 is 33.9. The molecular weight excluding hydrogens is 260 g/mol. The van der Waals surface area contributed by atoms with Crippen molar-refractivity contribution in [3.8, 4) is 0 Å². The molecule has 0 atom stereocenters. The van der Waals surface area contributed by atoms with E-state index in [9.17, 15) is 13.2 Å². The van der Waals surface area contributed by atoms with E-state index in [4.69, 9.17) is 9.29 Å². The van der Waals surface area contributed by atoms with Crippen LogP contribution in [0.5, 0.6) is 0 Å². The van der Waals surface area contributed by atoms with E-state index in [1.165, 1.54) is 0 Å². The van der Waals surface area contributed by atoms with Gasteiger partial charge in [0.1, 0.15) is 0 Å². The molecule has 0 spiro atoms. The van der Waals surface area contributed by atoms with Gasteiger partial charge in [-0.05, 0) is 19.3 Å². The maximum absolute atomic E-state index is 11.0. The van der Waals surface area contributed by atoms with Gasteiger partial charge < -0.3 is 4.74 Å². The first kappa shape index (κ1) is 19.0. The Morgan fingerprint density at radius 3 is 2.38 bits per heavy atom. The van der Waals surface area contributed by atoms with Crippen LogP contribution in [0.15, 0.2) is 0 Å². The van der Waals surface area contributed by atoms with Crippen molar-refractivity contribution in [2.75, 3.05) is 12.4 Å². The van der Waals surface area contributed by atoms with Crippen LogP contribution in [0.4, 0.5) is 0 Å². The van der Waals surface area contributed by atoms with Gasteiger partial charge in [0.05, 0.1) is 12.4 Å². The Balaban J connectivity index is 0. The molecule has 0 unspecified atom stereocenters. The third kappa shape index (κ3) is 14.6. The van der Waals surface area contributed by atoms with Crippen LogP contribution in [0, 0.1) is 0 Å². The number of rotatable bonds is 8. The topological polar surface area (TPSA) is 80.7 Å². The largest absolute Gasteiger partial charge is 0.466 e. The summed E-state index contributed by atoms with van der Waals surface area (Å²) in [5.41, 5.74) is 0. The number of carbonyl (C=O) groups excluding carboxylic acids is 1. The first-order valence-corrected chi connectivity index (χ1v) is 6.67. The average molecular weight is 278 g/mol. The normalized spacial score (nSPS) is 10.6. The van der Waals surface area contributed by atoms with E-state index in [-0.39, 0.29) is 56.1 Å². The molecule has 0 aromatic carbocycles. The molecular formula is C9H18CaO5S. The van der Waals surface area contributed by atoms with Gasteiger partial charge >= 0.3 is 5.97 Å². The number of unbranched alkanes of at least 4 members (excludes halogenated alkanes) is 2. The van der Waals surface area contributed by atoms with Crippen LogP contribution in [0.25, 0.3) is 0 Å². The molecule has 1 N–H and O–H groups in total. The number of carbonyl (C=O) groups is 1. The minimum absolute atomic E-state index is 0. The Labute approximate surface area is 127 Å². The van der Waals surface area contributed by atoms with Crippen LogP contribution < -0.4 is 0 Å². The maximum Gasteiger partial charge on any atom is 0.305 e. The zero-order chi connectivity index (χ0) is 11.7. The van der Waals surface area contributed by atoms with E-state index in [2.05, 4.69) is 0 Å². The van der Waals surface area contributed by atoms with Crippen molar-refractivity contribution in [2.24, 2.45) is 0 Å². The Morgan fingerprint density at radius 1 is 1.25 bits per heavy atom. The second-order valence-electron chi connectivity index (χ2n) is 3.32. The number of esters is 1. The van der Waals surface area contributed by atoms with E-state index in [1.807, 2.05) is 6.92 Å². The summed E-state index contributed by atoms with van der Waals surface area (Å²) in [4.78, 5) is 11.0. The molecule has 2 radical (unpaired) electrons. The standard InChI is InChI=1S/C9H18O5S.Ca/c1-2-3-6-9(10)14-7-4-5-8-15(11,12)13;/h2-8H2,1H3,(H,11,12,13);. The second kappa shape index (κ2) is 10.8. The van der Waals surface area contributed by atoms with Gasteiger partial charge in [-0.1, -0.05) is 13.3 Å². The van der Waals surface area contributed by atoms with Gasteiger partial charge in [0.25, 0.3) is 10.1 Å². The Hall–Kier alpha value is 0.640. The first-order valence-electron chi connectivity index (χ1n) is 5.06. The third-order valence-electron chi connectivity index (χ3n) is 1.79. The summed E-state index contributed by atoms with van der Waals surface area (Å²) in [6, 6.07) is 0. The summed E-state index contributed by atoms with van der Waals surface area (Å²) >= 11 is 0. The van der Waals surface area contributed by atoms with Crippen LogP contribution in [-0.4, -0.2) is 69.0 Å². The zero-order valence-electron chi connectivity index (χ0n) is 9.65. The summed E-state index contributed by atoms with van der Waals surface area (Å²) in [5.74, 6) is -0.525. The number of hydrogen-bond donors (Lipinski definition) is 1. The predicted molar refractivity (Wildman–Crippen MR) is 61.9 cm³/mol. The van der Waals surface area contributed by atoms with Gasteiger partial charge in [0.2, 0.25) is 0 Å². The minimum atomic E-state index is -3.88. The molecule has 0 aliphatic carbocycles. The molecule has 0 rings (SSSR count). The molecule has 0 aromatic heterocycles. The molecule has 16 heavy (non-hydrogen) atoms. The van der Waals surface area contributed by atoms with Gasteiger partial charge in [0, 0.05) is 44.2 Å². The molecule has 5 nitrogen and oxygen atoms in total. The number of ether oxygens (including phenoxy) is 1. The van der Waals surface area contributed by atoms with E-state index >= 15 is 0 Å². The molecule has 7 heteroatoms. The monoisotopic (exact) mass is 278 g/mol. The fourth-order valence-electron chi connectivity index (χ4n) is 0.966. The molecule has 0 saturated heterocycles. The SMILES string of the molecule is CCCCC(=O)OCCCCS(=O)(=O)O.[Ca]. The second-order valence-corrected chi connectivity index (χ2v) is 4.89. The van der Waals surface area contributed by atoms with Gasteiger partial charge in [0.15, 0.2) is 0 Å². The predicted octanol–water partition coefficient (Wildman–Crippen LogP) is 1.01. The average Bonchev–Trinajstić information content (AvgIpc) is 2.12. The van der Waals surface area contributed by atoms with Crippen LogP contribution in [0.3, 0.4) is 0 Å². The summed E-state index contributed by atoms with van der Waals surface area (Å²) in [7, 11) is -3.88. The smallest absolute Gasteiger partial charge is 0.305 e. The minimum Gasteiger partial charge on any atom is -0.466 e. The van der Waals surface area contributed by atoms with Crippen LogP contribution in [0.2, 0.25) is 0 Å². The summed E-state index contributed by atoms with van der Waals surface area (Å²) in [5, 5.41) is 0. The molecule has 0 aliphatic heterocycles. The van der Waals surface area contributed by atoms with E-state index < -0.39 is 10.1 Å². The van der Waals surface area contributed by atoms with Crippen molar-refractivity contribution in [3.63, 3.8) is 0 Å². The molecule has 0 saturated carbocycles. The fraction of sp³-hybridized carbons (Fsp3) is 0.889. The molecule has 0 aliphatic rings.